The van der Waals surface area contributed by atoms with Gasteiger partial charge in [-0.05, 0) is 62.9 Å². The molecule has 180 valence electrons. The molecule has 0 bridgehead atoms. The monoisotopic (exact) mass is 711 g/mol. The molecule has 0 amide bonds. The number of nitro groups is 1. The van der Waals surface area contributed by atoms with Crippen LogP contribution in [0.15, 0.2) is 36.4 Å². The molecule has 15 heteroatoms. The predicted octanol–water partition coefficient (Wildman–Crippen LogP) is 7.15. The number of non-ortho nitro benzene ring substituents is 1. The van der Waals surface area contributed by atoms with Gasteiger partial charge in [0.15, 0.2) is 5.78 Å². The summed E-state index contributed by atoms with van der Waals surface area (Å²) in [6.45, 7) is 0. The van der Waals surface area contributed by atoms with Crippen molar-refractivity contribution in [3.05, 3.63) is 70.3 Å². The van der Waals surface area contributed by atoms with Gasteiger partial charge in [-0.25, -0.2) is 4.39 Å². The number of carbonyl (C=O) groups excluding carboxylic acids is 1. The second-order valence-electron chi connectivity index (χ2n) is 6.55. The lowest BCUT2D eigenvalue weighted by Gasteiger charge is -2.36. The summed E-state index contributed by atoms with van der Waals surface area (Å²) >= 11 is 2.55. The van der Waals surface area contributed by atoms with Crippen LogP contribution in [0.3, 0.4) is 0 Å². The van der Waals surface area contributed by atoms with Crippen molar-refractivity contribution in [2.24, 2.45) is 0 Å². The maximum Gasteiger partial charge on any atom is 0.457 e. The topological polar surface area (TPSA) is 60.2 Å². The van der Waals surface area contributed by atoms with Crippen molar-refractivity contribution < 1.29 is 49.2 Å². The van der Waals surface area contributed by atoms with Crippen LogP contribution >= 0.6 is 45.2 Å². The summed E-state index contributed by atoms with van der Waals surface area (Å²) in [5, 5.41) is 10.8. The van der Waals surface area contributed by atoms with Crippen molar-refractivity contribution in [2.75, 3.05) is 0 Å². The Kier molecular flexibility index (Phi) is 7.67. The number of halogens is 11. The van der Waals surface area contributed by atoms with E-state index in [1.807, 2.05) is 0 Å². The van der Waals surface area contributed by atoms with E-state index in [0.29, 0.717) is 0 Å². The van der Waals surface area contributed by atoms with Crippen LogP contribution in [0.1, 0.15) is 21.5 Å². The number of Topliss-reactive ketones (excluding diaryl/α,β-unsaturated/α-hetero) is 1. The molecule has 0 saturated heterocycles. The number of rotatable bonds is 6. The average Bonchev–Trinajstić information content (AvgIpc) is 2.67. The maximum absolute atomic E-state index is 14.7. The molecular weight excluding hydrogens is 703 g/mol. The SMILES string of the molecule is O=C(Cc1c(I)cc(C(F)(C(F)(F)F)C(F)(F)C(F)(F)F)cc1I)c1cccc([N+](=O)[O-])c1. The molecule has 0 spiro atoms. The quantitative estimate of drug-likeness (QED) is 0.105. The zero-order valence-electron chi connectivity index (χ0n) is 15.5. The molecule has 0 N–H and O–H groups in total. The van der Waals surface area contributed by atoms with Crippen molar-refractivity contribution >= 4 is 56.7 Å². The highest BCUT2D eigenvalue weighted by Gasteiger charge is 2.81. The van der Waals surface area contributed by atoms with E-state index in [1.54, 1.807) is 0 Å². The number of hydrogen-bond donors (Lipinski definition) is 0. The number of hydrogen-bond acceptors (Lipinski definition) is 3. The van der Waals surface area contributed by atoms with Gasteiger partial charge in [0.05, 0.1) is 4.92 Å². The summed E-state index contributed by atoms with van der Waals surface area (Å²) < 4.78 is 119. The molecular formula is C18H8F9I2NO3. The van der Waals surface area contributed by atoms with Gasteiger partial charge in [0.1, 0.15) is 0 Å². The summed E-state index contributed by atoms with van der Waals surface area (Å²) in [7, 11) is 0. The van der Waals surface area contributed by atoms with Crippen LogP contribution in [-0.2, 0) is 12.1 Å². The van der Waals surface area contributed by atoms with E-state index in [0.717, 1.165) is 12.1 Å². The van der Waals surface area contributed by atoms with Crippen molar-refractivity contribution in [1.82, 2.24) is 0 Å². The largest absolute Gasteiger partial charge is 0.457 e. The van der Waals surface area contributed by atoms with E-state index in [-0.39, 0.29) is 23.3 Å². The van der Waals surface area contributed by atoms with Gasteiger partial charge < -0.3 is 0 Å². The van der Waals surface area contributed by atoms with Crippen LogP contribution in [0.4, 0.5) is 45.2 Å². The number of ketones is 1. The van der Waals surface area contributed by atoms with Crippen LogP contribution in [-0.4, -0.2) is 29.0 Å². The van der Waals surface area contributed by atoms with E-state index >= 15 is 0 Å². The van der Waals surface area contributed by atoms with Gasteiger partial charge in [-0.15, -0.1) is 0 Å². The van der Waals surface area contributed by atoms with Gasteiger partial charge >= 0.3 is 23.9 Å². The molecule has 2 aromatic carbocycles. The van der Waals surface area contributed by atoms with Crippen LogP contribution in [0.25, 0.3) is 0 Å². The fourth-order valence-corrected chi connectivity index (χ4v) is 4.89. The molecule has 1 atom stereocenters. The highest BCUT2D eigenvalue weighted by atomic mass is 127. The van der Waals surface area contributed by atoms with Crippen molar-refractivity contribution in [1.29, 1.82) is 0 Å². The molecule has 0 aliphatic rings. The Hall–Kier alpha value is -1.66. The Labute approximate surface area is 206 Å². The van der Waals surface area contributed by atoms with Crippen molar-refractivity contribution in [3.8, 4) is 0 Å². The number of benzene rings is 2. The second kappa shape index (κ2) is 9.18. The first-order valence-electron chi connectivity index (χ1n) is 8.30. The third-order valence-corrected chi connectivity index (χ3v) is 6.36. The van der Waals surface area contributed by atoms with E-state index in [1.165, 1.54) is 57.3 Å². The second-order valence-corrected chi connectivity index (χ2v) is 8.88. The standard InChI is InChI=1S/C18H8F9I2NO3/c19-15(17(22,23)24,16(20,21)18(25,26)27)9-5-12(28)11(13(29)6-9)7-14(31)8-2-1-3-10(4-8)30(32)33/h1-6H,7H2. The molecule has 1 unspecified atom stereocenters. The highest BCUT2D eigenvalue weighted by Crippen LogP contribution is 2.58. The minimum atomic E-state index is -6.86. The molecule has 0 fully saturated rings. The van der Waals surface area contributed by atoms with Gasteiger partial charge in [-0.1, -0.05) is 12.1 Å². The van der Waals surface area contributed by atoms with E-state index in [4.69, 9.17) is 0 Å². The molecule has 0 aliphatic carbocycles. The van der Waals surface area contributed by atoms with Crippen LogP contribution in [0, 0.1) is 17.3 Å². The molecule has 0 saturated carbocycles. The number of carbonyl (C=O) groups is 1. The highest BCUT2D eigenvalue weighted by molar-refractivity contribution is 14.1. The molecule has 0 aliphatic heterocycles. The lowest BCUT2D eigenvalue weighted by molar-refractivity contribution is -0.389. The summed E-state index contributed by atoms with van der Waals surface area (Å²) in [5.41, 5.74) is -8.75. The Morgan fingerprint density at radius 3 is 1.82 bits per heavy atom. The number of alkyl halides is 9. The van der Waals surface area contributed by atoms with Crippen molar-refractivity contribution in [3.63, 3.8) is 0 Å². The number of nitrogens with zero attached hydrogens (tertiary/aromatic N) is 1. The van der Waals surface area contributed by atoms with Gasteiger partial charge in [0.25, 0.3) is 5.69 Å². The zero-order valence-corrected chi connectivity index (χ0v) is 19.8. The van der Waals surface area contributed by atoms with E-state index in [9.17, 15) is 54.4 Å². The summed E-state index contributed by atoms with van der Waals surface area (Å²) in [6, 6.07) is 4.75. The first kappa shape index (κ1) is 27.6. The molecule has 2 aromatic rings. The van der Waals surface area contributed by atoms with E-state index in [2.05, 4.69) is 0 Å². The van der Waals surface area contributed by atoms with Crippen molar-refractivity contribution in [2.45, 2.75) is 30.4 Å². The minimum Gasteiger partial charge on any atom is -0.294 e. The van der Waals surface area contributed by atoms with Gasteiger partial charge in [0, 0.05) is 36.8 Å². The molecule has 33 heavy (non-hydrogen) atoms. The number of nitro benzene ring substituents is 1. The average molecular weight is 711 g/mol. The van der Waals surface area contributed by atoms with Crippen LogP contribution in [0.2, 0.25) is 0 Å². The Morgan fingerprint density at radius 2 is 1.39 bits per heavy atom. The Balaban J connectivity index is 2.56. The lowest BCUT2D eigenvalue weighted by Crippen LogP contribution is -2.59. The third kappa shape index (κ3) is 5.07. The molecule has 0 radical (unpaired) electrons. The van der Waals surface area contributed by atoms with Gasteiger partial charge in [0.2, 0.25) is 0 Å². The molecule has 4 nitrogen and oxygen atoms in total. The normalized spacial score (nSPS) is 14.6. The van der Waals surface area contributed by atoms with Crippen LogP contribution in [0.5, 0.6) is 0 Å². The lowest BCUT2D eigenvalue weighted by atomic mass is 9.87. The third-order valence-electron chi connectivity index (χ3n) is 4.43. The fraction of sp³-hybridized carbons (Fsp3) is 0.278. The molecule has 0 heterocycles. The summed E-state index contributed by atoms with van der Waals surface area (Å²) in [4.78, 5) is 22.5. The minimum absolute atomic E-state index is 0.0868. The maximum atomic E-state index is 14.7. The smallest absolute Gasteiger partial charge is 0.294 e. The predicted molar refractivity (Wildman–Crippen MR) is 113 cm³/mol. The van der Waals surface area contributed by atoms with Gasteiger partial charge in [-0.2, -0.15) is 35.1 Å². The summed E-state index contributed by atoms with van der Waals surface area (Å²) in [6.07, 6.45) is -14.1. The first-order valence-corrected chi connectivity index (χ1v) is 10.5. The molecule has 2 rings (SSSR count). The van der Waals surface area contributed by atoms with Crippen LogP contribution < -0.4 is 0 Å². The Morgan fingerprint density at radius 1 is 0.879 bits per heavy atom. The Bertz CT molecular complexity index is 1080. The fourth-order valence-electron chi connectivity index (χ4n) is 2.74. The van der Waals surface area contributed by atoms with Gasteiger partial charge in [-0.3, -0.25) is 14.9 Å². The van der Waals surface area contributed by atoms with E-state index < -0.39 is 59.5 Å². The first-order chi connectivity index (χ1) is 14.8. The summed E-state index contributed by atoms with van der Waals surface area (Å²) in [5.74, 6) is -7.57. The zero-order chi connectivity index (χ0) is 25.6. The molecule has 0 aromatic heterocycles.